The molecule has 0 saturated carbocycles. The Hall–Kier alpha value is -1.83. The third-order valence-electron chi connectivity index (χ3n) is 6.17. The number of piperidine rings is 1. The van der Waals surface area contributed by atoms with E-state index in [1.165, 1.54) is 0 Å². The van der Waals surface area contributed by atoms with Crippen molar-refractivity contribution in [2.45, 2.75) is 38.7 Å². The fourth-order valence-electron chi connectivity index (χ4n) is 3.85. The normalized spacial score (nSPS) is 13.9. The molecule has 0 aromatic heterocycles. The van der Waals surface area contributed by atoms with E-state index in [-0.39, 0.29) is 12.6 Å². The van der Waals surface area contributed by atoms with Crippen LogP contribution in [0, 0.1) is 0 Å². The van der Waals surface area contributed by atoms with Gasteiger partial charge in [-0.2, -0.15) is 0 Å². The van der Waals surface area contributed by atoms with Crippen molar-refractivity contribution in [3.05, 3.63) is 29.8 Å². The monoisotopic (exact) mass is 584 g/mol. The van der Waals surface area contributed by atoms with Crippen LogP contribution in [0.2, 0.25) is 0 Å². The fourth-order valence-corrected chi connectivity index (χ4v) is 3.85. The molecule has 1 aliphatic rings. The number of nitrogens with one attached hydrogen (secondary N) is 2. The average molecular weight is 585 g/mol. The summed E-state index contributed by atoms with van der Waals surface area (Å²) in [6.07, 6.45) is 4.78. The van der Waals surface area contributed by atoms with Crippen LogP contribution < -0.4 is 10.6 Å². The molecule has 1 heterocycles. The summed E-state index contributed by atoms with van der Waals surface area (Å²) in [6.45, 7) is 11.9. The lowest BCUT2D eigenvalue weighted by Crippen LogP contribution is -2.33. The number of carbonyl (C=O) groups excluding carboxylic acids is 1. The molecule has 0 bridgehead atoms. The van der Waals surface area contributed by atoms with Gasteiger partial charge in [-0.1, -0.05) is 13.3 Å². The van der Waals surface area contributed by atoms with Crippen molar-refractivity contribution in [3.8, 4) is 0 Å². The summed E-state index contributed by atoms with van der Waals surface area (Å²) in [5, 5.41) is 6.64. The summed E-state index contributed by atoms with van der Waals surface area (Å²) >= 11 is 0. The second-order valence-corrected chi connectivity index (χ2v) is 9.49. The number of esters is 1. The Bertz CT molecular complexity index is 733. The molecule has 1 aliphatic heterocycles. The molecule has 0 unspecified atom stereocenters. The minimum Gasteiger partial charge on any atom is -0.460 e. The van der Waals surface area contributed by atoms with E-state index in [4.69, 9.17) is 37.9 Å². The molecule has 0 amide bonds. The number of benzene rings is 1. The van der Waals surface area contributed by atoms with E-state index in [2.05, 4.69) is 17.6 Å². The standard InChI is InChI=1S/C30H52N2O9/c1-2-3-10-32-28-6-4-27(5-7-28)30(33)41-26-24-39-22-20-37-18-16-35-14-13-34-15-17-36-19-21-38-23-25-40-29-8-11-31-12-9-29/h4-7,29,31-32H,2-3,8-26H2,1H3. The number of rotatable bonds is 27. The first-order valence-electron chi connectivity index (χ1n) is 15.1. The lowest BCUT2D eigenvalue weighted by molar-refractivity contribution is -0.0311. The maximum atomic E-state index is 12.1. The molecule has 1 aromatic rings. The third kappa shape index (κ3) is 19.8. The van der Waals surface area contributed by atoms with Crippen LogP contribution in [0.4, 0.5) is 5.69 Å². The van der Waals surface area contributed by atoms with Gasteiger partial charge in [-0.15, -0.1) is 0 Å². The first kappa shape index (κ1) is 35.4. The van der Waals surface area contributed by atoms with Gasteiger partial charge in [-0.3, -0.25) is 0 Å². The summed E-state index contributed by atoms with van der Waals surface area (Å²) in [5.41, 5.74) is 1.53. The maximum absolute atomic E-state index is 12.1. The molecule has 0 radical (unpaired) electrons. The highest BCUT2D eigenvalue weighted by atomic mass is 16.6. The van der Waals surface area contributed by atoms with Gasteiger partial charge >= 0.3 is 5.97 Å². The smallest absolute Gasteiger partial charge is 0.338 e. The van der Waals surface area contributed by atoms with Crippen LogP contribution in [0.1, 0.15) is 43.0 Å². The lowest BCUT2D eigenvalue weighted by atomic mass is 10.1. The van der Waals surface area contributed by atoms with Gasteiger partial charge in [0, 0.05) is 12.2 Å². The van der Waals surface area contributed by atoms with Crippen molar-refractivity contribution >= 4 is 11.7 Å². The third-order valence-corrected chi connectivity index (χ3v) is 6.17. The number of ether oxygens (including phenoxy) is 8. The summed E-state index contributed by atoms with van der Waals surface area (Å²) in [5.74, 6) is -0.354. The molecule has 0 spiro atoms. The minimum atomic E-state index is -0.354. The minimum absolute atomic E-state index is 0.200. The van der Waals surface area contributed by atoms with Crippen LogP contribution in [-0.2, 0) is 37.9 Å². The molecule has 41 heavy (non-hydrogen) atoms. The molecular weight excluding hydrogens is 532 g/mol. The van der Waals surface area contributed by atoms with Crippen molar-refractivity contribution in [1.29, 1.82) is 0 Å². The molecule has 1 saturated heterocycles. The van der Waals surface area contributed by atoms with E-state index in [0.29, 0.717) is 97.6 Å². The van der Waals surface area contributed by atoms with Crippen molar-refractivity contribution < 1.29 is 42.7 Å². The molecule has 1 aromatic carbocycles. The molecule has 11 nitrogen and oxygen atoms in total. The number of hydrogen-bond donors (Lipinski definition) is 2. The highest BCUT2D eigenvalue weighted by Gasteiger charge is 2.12. The van der Waals surface area contributed by atoms with E-state index >= 15 is 0 Å². The van der Waals surface area contributed by atoms with Gasteiger partial charge in [-0.05, 0) is 56.6 Å². The summed E-state index contributed by atoms with van der Waals surface area (Å²) < 4.78 is 43.9. The Morgan fingerprint density at radius 2 is 1.17 bits per heavy atom. The number of carbonyl (C=O) groups is 1. The molecule has 0 aliphatic carbocycles. The van der Waals surface area contributed by atoms with Crippen LogP contribution in [0.25, 0.3) is 0 Å². The van der Waals surface area contributed by atoms with Crippen LogP contribution in [-0.4, -0.2) is 124 Å². The van der Waals surface area contributed by atoms with Gasteiger partial charge in [0.15, 0.2) is 0 Å². The maximum Gasteiger partial charge on any atom is 0.338 e. The average Bonchev–Trinajstić information content (AvgIpc) is 3.00. The van der Waals surface area contributed by atoms with Crippen molar-refractivity contribution in [3.63, 3.8) is 0 Å². The second-order valence-electron chi connectivity index (χ2n) is 9.49. The quantitative estimate of drug-likeness (QED) is 0.118. The van der Waals surface area contributed by atoms with Crippen molar-refractivity contribution in [1.82, 2.24) is 5.32 Å². The predicted octanol–water partition coefficient (Wildman–Crippen LogP) is 2.92. The summed E-state index contributed by atoms with van der Waals surface area (Å²) in [6, 6.07) is 7.31. The van der Waals surface area contributed by atoms with E-state index in [0.717, 1.165) is 51.0 Å². The van der Waals surface area contributed by atoms with Gasteiger partial charge < -0.3 is 48.5 Å². The van der Waals surface area contributed by atoms with Crippen LogP contribution in [0.15, 0.2) is 24.3 Å². The van der Waals surface area contributed by atoms with Gasteiger partial charge in [0.1, 0.15) is 6.61 Å². The Morgan fingerprint density at radius 3 is 1.66 bits per heavy atom. The van der Waals surface area contributed by atoms with Crippen molar-refractivity contribution in [2.24, 2.45) is 0 Å². The van der Waals surface area contributed by atoms with Gasteiger partial charge in [0.2, 0.25) is 0 Å². The van der Waals surface area contributed by atoms with Gasteiger partial charge in [0.25, 0.3) is 0 Å². The second kappa shape index (κ2) is 25.8. The SMILES string of the molecule is CCCCNc1ccc(C(=O)OCCOCCOCCOCCOCCOCCOCCOC2CCNCC2)cc1. The molecule has 11 heteroatoms. The lowest BCUT2D eigenvalue weighted by Gasteiger charge is -2.22. The Balaban J connectivity index is 1.23. The van der Waals surface area contributed by atoms with Crippen molar-refractivity contribution in [2.75, 3.05) is 117 Å². The topological polar surface area (TPSA) is 115 Å². The highest BCUT2D eigenvalue weighted by Crippen LogP contribution is 2.11. The molecule has 1 fully saturated rings. The van der Waals surface area contributed by atoms with E-state index in [1.807, 2.05) is 12.1 Å². The first-order valence-corrected chi connectivity index (χ1v) is 15.1. The fraction of sp³-hybridized carbons (Fsp3) is 0.767. The summed E-state index contributed by atoms with van der Waals surface area (Å²) in [7, 11) is 0. The zero-order chi connectivity index (χ0) is 29.1. The van der Waals surface area contributed by atoms with Crippen LogP contribution >= 0.6 is 0 Å². The first-order chi connectivity index (χ1) is 20.3. The predicted molar refractivity (Wildman–Crippen MR) is 157 cm³/mol. The molecule has 236 valence electrons. The van der Waals surface area contributed by atoms with Gasteiger partial charge in [0.05, 0.1) is 97.6 Å². The van der Waals surface area contributed by atoms with Crippen LogP contribution in [0.5, 0.6) is 0 Å². The van der Waals surface area contributed by atoms with E-state index < -0.39 is 0 Å². The number of hydrogen-bond acceptors (Lipinski definition) is 11. The highest BCUT2D eigenvalue weighted by molar-refractivity contribution is 5.89. The van der Waals surface area contributed by atoms with E-state index in [9.17, 15) is 4.79 Å². The molecule has 0 atom stereocenters. The number of unbranched alkanes of at least 4 members (excludes halogenated alkanes) is 1. The zero-order valence-electron chi connectivity index (χ0n) is 24.9. The Kier molecular flexibility index (Phi) is 22.3. The number of anilines is 1. The van der Waals surface area contributed by atoms with Gasteiger partial charge in [-0.25, -0.2) is 4.79 Å². The Labute approximate surface area is 245 Å². The molecule has 2 N–H and O–H groups in total. The molecular formula is C30H52N2O9. The molecule has 2 rings (SSSR count). The van der Waals surface area contributed by atoms with Crippen LogP contribution in [0.3, 0.4) is 0 Å². The summed E-state index contributed by atoms with van der Waals surface area (Å²) in [4.78, 5) is 12.1. The zero-order valence-corrected chi connectivity index (χ0v) is 24.9. The largest absolute Gasteiger partial charge is 0.460 e. The Morgan fingerprint density at radius 1 is 0.707 bits per heavy atom. The van der Waals surface area contributed by atoms with E-state index in [1.54, 1.807) is 12.1 Å².